The lowest BCUT2D eigenvalue weighted by Crippen LogP contribution is -2.38. The smallest absolute Gasteiger partial charge is 0.263 e. The number of anilines is 1. The van der Waals surface area contributed by atoms with Crippen LogP contribution in [0.25, 0.3) is 0 Å². The molecule has 96 valence electrons. The average Bonchev–Trinajstić information content (AvgIpc) is 2.60. The number of carbonyl (C=O) groups excluding carboxylic acids is 2. The van der Waals surface area contributed by atoms with Crippen molar-refractivity contribution in [3.8, 4) is 0 Å². The normalized spacial score (nSPS) is 16.0. The van der Waals surface area contributed by atoms with E-state index < -0.39 is 0 Å². The second-order valence-corrected chi connectivity index (χ2v) is 5.37. The molecule has 1 unspecified atom stereocenters. The number of nitrogens with zero attached hydrogens (tertiary/aromatic N) is 1. The Labute approximate surface area is 111 Å². The molecule has 0 saturated carbocycles. The first-order chi connectivity index (χ1) is 8.57. The van der Waals surface area contributed by atoms with Crippen LogP contribution in [0, 0.1) is 0 Å². The van der Waals surface area contributed by atoms with E-state index in [2.05, 4.69) is 0 Å². The topological polar surface area (TPSA) is 63.4 Å². The number of rotatable bonds is 4. The summed E-state index contributed by atoms with van der Waals surface area (Å²) in [4.78, 5) is 25.8. The van der Waals surface area contributed by atoms with E-state index in [1.807, 2.05) is 13.2 Å². The van der Waals surface area contributed by atoms with Crippen molar-refractivity contribution in [3.63, 3.8) is 0 Å². The molecule has 4 nitrogen and oxygen atoms in total. The fourth-order valence-electron chi connectivity index (χ4n) is 2.15. The molecule has 5 heteroatoms. The average molecular weight is 264 g/mol. The molecule has 1 aromatic rings. The van der Waals surface area contributed by atoms with E-state index in [4.69, 9.17) is 5.73 Å². The van der Waals surface area contributed by atoms with Crippen molar-refractivity contribution in [3.05, 3.63) is 29.3 Å². The monoisotopic (exact) mass is 264 g/mol. The van der Waals surface area contributed by atoms with Crippen molar-refractivity contribution >= 4 is 29.3 Å². The predicted octanol–water partition coefficient (Wildman–Crippen LogP) is 2.01. The number of thioether (sulfide) groups is 1. The SMILES string of the molecule is CSCCC(C)N1C(=O)c2cccc(N)c2C1=O. The molecule has 0 fully saturated rings. The van der Waals surface area contributed by atoms with E-state index in [9.17, 15) is 9.59 Å². The van der Waals surface area contributed by atoms with Gasteiger partial charge in [-0.3, -0.25) is 14.5 Å². The minimum atomic E-state index is -0.262. The molecule has 18 heavy (non-hydrogen) atoms. The minimum absolute atomic E-state index is 0.0933. The van der Waals surface area contributed by atoms with Gasteiger partial charge in [-0.25, -0.2) is 0 Å². The van der Waals surface area contributed by atoms with Gasteiger partial charge in [0.2, 0.25) is 0 Å². The second-order valence-electron chi connectivity index (χ2n) is 4.38. The molecule has 0 aromatic heterocycles. The molecule has 2 rings (SSSR count). The molecular weight excluding hydrogens is 248 g/mol. The minimum Gasteiger partial charge on any atom is -0.398 e. The Bertz CT molecular complexity index is 502. The fourth-order valence-corrected chi connectivity index (χ4v) is 2.72. The molecule has 0 saturated heterocycles. The summed E-state index contributed by atoms with van der Waals surface area (Å²) in [5.41, 5.74) is 6.95. The number of benzene rings is 1. The molecule has 0 aliphatic carbocycles. The summed E-state index contributed by atoms with van der Waals surface area (Å²) in [6.45, 7) is 1.90. The quantitative estimate of drug-likeness (QED) is 0.667. The van der Waals surface area contributed by atoms with E-state index in [0.29, 0.717) is 16.8 Å². The van der Waals surface area contributed by atoms with Crippen molar-refractivity contribution in [1.82, 2.24) is 4.90 Å². The van der Waals surface area contributed by atoms with E-state index in [0.717, 1.165) is 12.2 Å². The number of fused-ring (bicyclic) bond motifs is 1. The van der Waals surface area contributed by atoms with Crippen LogP contribution < -0.4 is 5.73 Å². The standard InChI is InChI=1S/C13H16N2O2S/c1-8(6-7-18-2)15-12(16)9-4-3-5-10(14)11(9)13(15)17/h3-5,8H,6-7,14H2,1-2H3. The summed E-state index contributed by atoms with van der Waals surface area (Å²) >= 11 is 1.70. The van der Waals surface area contributed by atoms with Crippen molar-refractivity contribution in [1.29, 1.82) is 0 Å². The first kappa shape index (κ1) is 13.0. The Hall–Kier alpha value is -1.49. The van der Waals surface area contributed by atoms with Crippen LogP contribution in [-0.4, -0.2) is 34.8 Å². The van der Waals surface area contributed by atoms with Crippen LogP contribution in [0.4, 0.5) is 5.69 Å². The first-order valence-electron chi connectivity index (χ1n) is 5.83. The van der Waals surface area contributed by atoms with Gasteiger partial charge in [0, 0.05) is 11.7 Å². The molecule has 1 aromatic carbocycles. The van der Waals surface area contributed by atoms with Crippen LogP contribution >= 0.6 is 11.8 Å². The van der Waals surface area contributed by atoms with Crippen LogP contribution in [0.15, 0.2) is 18.2 Å². The van der Waals surface area contributed by atoms with Crippen LogP contribution in [0.5, 0.6) is 0 Å². The third-order valence-electron chi connectivity index (χ3n) is 3.16. The first-order valence-corrected chi connectivity index (χ1v) is 7.22. The van der Waals surface area contributed by atoms with E-state index in [1.165, 1.54) is 4.90 Å². The number of imide groups is 1. The Kier molecular flexibility index (Phi) is 3.61. The van der Waals surface area contributed by atoms with Gasteiger partial charge in [0.25, 0.3) is 11.8 Å². The maximum Gasteiger partial charge on any atom is 0.263 e. The van der Waals surface area contributed by atoms with Gasteiger partial charge in [-0.15, -0.1) is 0 Å². The third kappa shape index (κ3) is 1.99. The number of carbonyl (C=O) groups is 2. The molecule has 0 bridgehead atoms. The largest absolute Gasteiger partial charge is 0.398 e. The zero-order chi connectivity index (χ0) is 13.3. The summed E-state index contributed by atoms with van der Waals surface area (Å²) in [7, 11) is 0. The van der Waals surface area contributed by atoms with Crippen molar-refractivity contribution in [2.75, 3.05) is 17.7 Å². The summed E-state index contributed by atoms with van der Waals surface area (Å²) in [6.07, 6.45) is 2.81. The lowest BCUT2D eigenvalue weighted by atomic mass is 10.1. The molecule has 0 radical (unpaired) electrons. The van der Waals surface area contributed by atoms with E-state index in [-0.39, 0.29) is 17.9 Å². The van der Waals surface area contributed by atoms with Gasteiger partial charge in [0.15, 0.2) is 0 Å². The summed E-state index contributed by atoms with van der Waals surface area (Å²) in [6, 6.07) is 4.92. The van der Waals surface area contributed by atoms with E-state index in [1.54, 1.807) is 30.0 Å². The number of nitrogen functional groups attached to an aromatic ring is 1. The van der Waals surface area contributed by atoms with Crippen molar-refractivity contribution in [2.24, 2.45) is 0 Å². The number of hydrogen-bond acceptors (Lipinski definition) is 4. The molecule has 1 atom stereocenters. The van der Waals surface area contributed by atoms with Crippen LogP contribution in [-0.2, 0) is 0 Å². The van der Waals surface area contributed by atoms with Gasteiger partial charge in [0.1, 0.15) is 0 Å². The second kappa shape index (κ2) is 5.02. The zero-order valence-electron chi connectivity index (χ0n) is 10.5. The molecule has 1 aliphatic heterocycles. The van der Waals surface area contributed by atoms with Gasteiger partial charge in [-0.2, -0.15) is 11.8 Å². The number of hydrogen-bond donors (Lipinski definition) is 1. The highest BCUT2D eigenvalue weighted by Crippen LogP contribution is 2.29. The highest BCUT2D eigenvalue weighted by molar-refractivity contribution is 7.98. The lowest BCUT2D eigenvalue weighted by Gasteiger charge is -2.22. The van der Waals surface area contributed by atoms with Crippen molar-refractivity contribution < 1.29 is 9.59 Å². The highest BCUT2D eigenvalue weighted by Gasteiger charge is 2.39. The Morgan fingerprint density at radius 3 is 2.67 bits per heavy atom. The maximum atomic E-state index is 12.3. The highest BCUT2D eigenvalue weighted by atomic mass is 32.2. The van der Waals surface area contributed by atoms with Crippen LogP contribution in [0.1, 0.15) is 34.1 Å². The Balaban J connectivity index is 2.31. The molecule has 2 N–H and O–H groups in total. The fraction of sp³-hybridized carbons (Fsp3) is 0.385. The predicted molar refractivity (Wildman–Crippen MR) is 73.8 cm³/mol. The summed E-state index contributed by atoms with van der Waals surface area (Å²) in [5, 5.41) is 0. The van der Waals surface area contributed by atoms with Gasteiger partial charge in [-0.05, 0) is 37.5 Å². The molecule has 1 heterocycles. The van der Waals surface area contributed by atoms with Crippen LogP contribution in [0.2, 0.25) is 0 Å². The van der Waals surface area contributed by atoms with Gasteiger partial charge >= 0.3 is 0 Å². The van der Waals surface area contributed by atoms with Crippen molar-refractivity contribution in [2.45, 2.75) is 19.4 Å². The molecule has 1 aliphatic rings. The van der Waals surface area contributed by atoms with Crippen LogP contribution in [0.3, 0.4) is 0 Å². The Morgan fingerprint density at radius 2 is 2.06 bits per heavy atom. The summed E-state index contributed by atoms with van der Waals surface area (Å²) < 4.78 is 0. The number of nitrogens with two attached hydrogens (primary N) is 1. The maximum absolute atomic E-state index is 12.3. The van der Waals surface area contributed by atoms with Gasteiger partial charge in [-0.1, -0.05) is 6.07 Å². The van der Waals surface area contributed by atoms with Gasteiger partial charge in [0.05, 0.1) is 11.1 Å². The number of amides is 2. The summed E-state index contributed by atoms with van der Waals surface area (Å²) in [5.74, 6) is 0.432. The zero-order valence-corrected chi connectivity index (χ0v) is 11.3. The third-order valence-corrected chi connectivity index (χ3v) is 3.80. The molecule has 2 amide bonds. The lowest BCUT2D eigenvalue weighted by molar-refractivity contribution is 0.0595. The molecular formula is C13H16N2O2S. The van der Waals surface area contributed by atoms with E-state index >= 15 is 0 Å². The Morgan fingerprint density at radius 1 is 1.33 bits per heavy atom. The molecule has 0 spiro atoms. The van der Waals surface area contributed by atoms with Gasteiger partial charge < -0.3 is 5.73 Å².